The van der Waals surface area contributed by atoms with Crippen molar-refractivity contribution in [3.63, 3.8) is 0 Å². The number of benzene rings is 1. The summed E-state index contributed by atoms with van der Waals surface area (Å²) >= 11 is 1.24. The van der Waals surface area contributed by atoms with Gasteiger partial charge in [0.25, 0.3) is 10.0 Å². The summed E-state index contributed by atoms with van der Waals surface area (Å²) in [6.45, 7) is 2.53. The molecule has 196 valence electrons. The minimum atomic E-state index is -3.96. The maximum absolute atomic E-state index is 14.1. The third-order valence-corrected chi connectivity index (χ3v) is 9.74. The Balaban J connectivity index is 1.43. The molecule has 1 fully saturated rings. The summed E-state index contributed by atoms with van der Waals surface area (Å²) in [7, 11) is -3.96. The van der Waals surface area contributed by atoms with Crippen LogP contribution in [0, 0.1) is 11.2 Å². The predicted molar refractivity (Wildman–Crippen MR) is 138 cm³/mol. The first-order valence-electron chi connectivity index (χ1n) is 12.2. The second-order valence-corrected chi connectivity index (χ2v) is 12.2. The lowest BCUT2D eigenvalue weighted by molar-refractivity contribution is 0.0775. The number of ketones is 1. The fourth-order valence-corrected chi connectivity index (χ4v) is 7.53. The van der Waals surface area contributed by atoms with Crippen molar-refractivity contribution in [1.29, 1.82) is 0 Å². The molecule has 0 bridgehead atoms. The number of piperidine rings is 1. The van der Waals surface area contributed by atoms with Crippen LogP contribution >= 0.6 is 11.3 Å². The van der Waals surface area contributed by atoms with Crippen molar-refractivity contribution in [2.75, 3.05) is 13.1 Å². The van der Waals surface area contributed by atoms with E-state index in [1.165, 1.54) is 38.7 Å². The second kappa shape index (κ2) is 9.33. The molecule has 38 heavy (non-hydrogen) atoms. The van der Waals surface area contributed by atoms with E-state index >= 15 is 0 Å². The third kappa shape index (κ3) is 3.92. The molecular weight excluding hydrogens is 529 g/mol. The van der Waals surface area contributed by atoms with Gasteiger partial charge in [-0.25, -0.2) is 27.2 Å². The van der Waals surface area contributed by atoms with Gasteiger partial charge in [-0.3, -0.25) is 4.79 Å². The smallest absolute Gasteiger partial charge is 0.261 e. The maximum atomic E-state index is 14.1. The van der Waals surface area contributed by atoms with Crippen LogP contribution < -0.4 is 0 Å². The maximum Gasteiger partial charge on any atom is 0.261 e. The molecule has 4 aromatic rings. The van der Waals surface area contributed by atoms with E-state index in [-0.39, 0.29) is 36.1 Å². The molecule has 0 spiro atoms. The summed E-state index contributed by atoms with van der Waals surface area (Å²) in [4.78, 5) is 18.3. The average Bonchev–Trinajstić information content (AvgIpc) is 3.69. The summed E-state index contributed by atoms with van der Waals surface area (Å²) in [6.07, 6.45) is 7.80. The Kier molecular flexibility index (Phi) is 6.08. The minimum absolute atomic E-state index is 0.0178. The zero-order valence-corrected chi connectivity index (χ0v) is 22.1. The molecule has 13 heteroatoms. The van der Waals surface area contributed by atoms with Gasteiger partial charge in [0.1, 0.15) is 5.82 Å². The van der Waals surface area contributed by atoms with Crippen molar-refractivity contribution in [1.82, 2.24) is 34.1 Å². The van der Waals surface area contributed by atoms with Crippen molar-refractivity contribution < 1.29 is 17.6 Å². The molecule has 1 saturated heterocycles. The van der Waals surface area contributed by atoms with Crippen molar-refractivity contribution in [3.8, 4) is 5.69 Å². The molecule has 4 heterocycles. The van der Waals surface area contributed by atoms with Gasteiger partial charge in [-0.05, 0) is 55.2 Å². The molecule has 10 nitrogen and oxygen atoms in total. The number of halogens is 1. The highest BCUT2D eigenvalue weighted by Crippen LogP contribution is 2.47. The largest absolute Gasteiger partial charge is 0.290 e. The first kappa shape index (κ1) is 24.8. The second-order valence-electron chi connectivity index (χ2n) is 9.42. The van der Waals surface area contributed by atoms with Gasteiger partial charge in [0.05, 0.1) is 29.2 Å². The number of aromatic nitrogens is 6. The molecular formula is C25H24FN7O3S2. The van der Waals surface area contributed by atoms with E-state index in [0.717, 1.165) is 16.8 Å². The van der Waals surface area contributed by atoms with Crippen LogP contribution in [0.25, 0.3) is 11.8 Å². The molecule has 1 atom stereocenters. The topological polar surface area (TPSA) is 116 Å². The molecule has 0 saturated carbocycles. The molecule has 0 unspecified atom stereocenters. The van der Waals surface area contributed by atoms with Gasteiger partial charge in [0, 0.05) is 31.2 Å². The lowest BCUT2D eigenvalue weighted by Crippen LogP contribution is -2.53. The van der Waals surface area contributed by atoms with Gasteiger partial charge in [-0.15, -0.1) is 16.4 Å². The number of fused-ring (bicyclic) bond motifs is 2. The molecule has 0 radical (unpaired) electrons. The molecule has 1 aromatic carbocycles. The number of rotatable bonds is 7. The Morgan fingerprint density at radius 2 is 2.03 bits per heavy atom. The summed E-state index contributed by atoms with van der Waals surface area (Å²) in [5.74, 6) is -0.552. The van der Waals surface area contributed by atoms with Crippen LogP contribution in [0.2, 0.25) is 0 Å². The SMILES string of the molecule is CCCn1nncc1S(=O)(=O)N1CCC2=Cc3c(cnn3-c3ccc(F)cc3)C[C@]2(C(=O)c2nccs2)C1. The van der Waals surface area contributed by atoms with Crippen LogP contribution in [-0.2, 0) is 23.0 Å². The normalized spacial score (nSPS) is 19.6. The molecule has 1 aliphatic carbocycles. The van der Waals surface area contributed by atoms with Gasteiger partial charge in [0.2, 0.25) is 5.78 Å². The highest BCUT2D eigenvalue weighted by Gasteiger charge is 2.52. The number of carbonyl (C=O) groups is 1. The first-order chi connectivity index (χ1) is 18.3. The summed E-state index contributed by atoms with van der Waals surface area (Å²) in [5, 5.41) is 14.4. The number of nitrogens with zero attached hydrogens (tertiary/aromatic N) is 7. The van der Waals surface area contributed by atoms with Crippen molar-refractivity contribution in [3.05, 3.63) is 75.9 Å². The van der Waals surface area contributed by atoms with Gasteiger partial charge < -0.3 is 0 Å². The summed E-state index contributed by atoms with van der Waals surface area (Å²) in [5.41, 5.74) is 2.01. The van der Waals surface area contributed by atoms with E-state index in [2.05, 4.69) is 20.4 Å². The molecule has 6 rings (SSSR count). The van der Waals surface area contributed by atoms with Crippen LogP contribution in [0.15, 0.2) is 58.8 Å². The Hall–Kier alpha value is -3.55. The lowest BCUT2D eigenvalue weighted by atomic mass is 9.66. The van der Waals surface area contributed by atoms with Crippen LogP contribution in [0.1, 0.15) is 40.8 Å². The average molecular weight is 554 g/mol. The molecule has 0 amide bonds. The van der Waals surface area contributed by atoms with E-state index in [1.807, 2.05) is 13.0 Å². The Morgan fingerprint density at radius 1 is 1.21 bits per heavy atom. The number of sulfonamides is 1. The zero-order valence-electron chi connectivity index (χ0n) is 20.5. The number of aryl methyl sites for hydroxylation is 1. The third-order valence-electron chi connectivity index (χ3n) is 7.14. The van der Waals surface area contributed by atoms with Crippen LogP contribution in [0.3, 0.4) is 0 Å². The van der Waals surface area contributed by atoms with Crippen molar-refractivity contribution >= 4 is 33.2 Å². The fourth-order valence-electron chi connectivity index (χ4n) is 5.30. The van der Waals surface area contributed by atoms with Crippen LogP contribution in [0.4, 0.5) is 4.39 Å². The zero-order chi connectivity index (χ0) is 26.5. The Labute approximate surface area is 222 Å². The van der Waals surface area contributed by atoms with E-state index < -0.39 is 15.4 Å². The van der Waals surface area contributed by atoms with Gasteiger partial charge >= 0.3 is 0 Å². The van der Waals surface area contributed by atoms with E-state index in [4.69, 9.17) is 0 Å². The molecule has 1 aliphatic heterocycles. The predicted octanol–water partition coefficient (Wildman–Crippen LogP) is 3.37. The highest BCUT2D eigenvalue weighted by atomic mass is 32.2. The summed E-state index contributed by atoms with van der Waals surface area (Å²) in [6, 6.07) is 6.03. The number of carbonyl (C=O) groups excluding carboxylic acids is 1. The molecule has 2 aliphatic rings. The summed E-state index contributed by atoms with van der Waals surface area (Å²) < 4.78 is 45.5. The Bertz CT molecular complexity index is 1640. The quantitative estimate of drug-likeness (QED) is 0.322. The van der Waals surface area contributed by atoms with E-state index in [9.17, 15) is 17.6 Å². The highest BCUT2D eigenvalue weighted by molar-refractivity contribution is 7.89. The van der Waals surface area contributed by atoms with Gasteiger partial charge in [-0.1, -0.05) is 17.7 Å². The monoisotopic (exact) mass is 553 g/mol. The van der Waals surface area contributed by atoms with Crippen LogP contribution in [0.5, 0.6) is 0 Å². The van der Waals surface area contributed by atoms with Gasteiger partial charge in [-0.2, -0.15) is 9.40 Å². The van der Waals surface area contributed by atoms with E-state index in [1.54, 1.807) is 34.6 Å². The lowest BCUT2D eigenvalue weighted by Gasteiger charge is -2.44. The molecule has 3 aromatic heterocycles. The fraction of sp³-hybridized carbons (Fsp3) is 0.320. The van der Waals surface area contributed by atoms with Crippen molar-refractivity contribution in [2.24, 2.45) is 5.41 Å². The van der Waals surface area contributed by atoms with Gasteiger partial charge in [0.15, 0.2) is 10.0 Å². The number of Topliss-reactive ketones (excluding diaryl/α,β-unsaturated/α-hetero) is 1. The standard InChI is InChI=1S/C25H24FN7O3S2/c1-2-9-32-22(15-28-30-32)38(35,36)31-10-7-18-12-21-17(14-29-33(21)20-5-3-19(26)4-6-20)13-25(18,16-31)23(34)24-27-8-11-37-24/h3-6,8,11-12,14-15H,2,7,9-10,13,16H2,1H3/t25-/m0/s1. The number of hydrogen-bond donors (Lipinski definition) is 0. The van der Waals surface area contributed by atoms with Crippen LogP contribution in [-0.4, -0.2) is 61.4 Å². The Morgan fingerprint density at radius 3 is 2.76 bits per heavy atom. The first-order valence-corrected chi connectivity index (χ1v) is 14.5. The number of thiazole rings is 1. The van der Waals surface area contributed by atoms with Crippen molar-refractivity contribution in [2.45, 2.75) is 37.8 Å². The minimum Gasteiger partial charge on any atom is -0.290 e. The van der Waals surface area contributed by atoms with E-state index in [0.29, 0.717) is 30.1 Å². The number of hydrogen-bond acceptors (Lipinski definition) is 8. The molecule has 0 N–H and O–H groups in total.